The number of pyridine rings is 1. The number of nitrogens with zero attached hydrogens (tertiary/aromatic N) is 3. The topological polar surface area (TPSA) is 50.7 Å². The van der Waals surface area contributed by atoms with Crippen molar-refractivity contribution in [2.45, 2.75) is 25.2 Å². The maximum absolute atomic E-state index is 4.55. The second kappa shape index (κ2) is 5.41. The van der Waals surface area contributed by atoms with Crippen LogP contribution in [0.15, 0.2) is 36.5 Å². The third kappa shape index (κ3) is 2.74. The van der Waals surface area contributed by atoms with Gasteiger partial charge < -0.3 is 5.32 Å². The molecule has 0 atom stereocenters. The molecule has 3 aromatic rings. The van der Waals surface area contributed by atoms with E-state index in [1.165, 1.54) is 35.3 Å². The molecule has 21 heavy (non-hydrogen) atoms. The predicted molar refractivity (Wildman–Crippen MR) is 85.8 cm³/mol. The van der Waals surface area contributed by atoms with Crippen LogP contribution in [0.1, 0.15) is 30.1 Å². The van der Waals surface area contributed by atoms with E-state index in [2.05, 4.69) is 43.9 Å². The Morgan fingerprint density at radius 1 is 1.19 bits per heavy atom. The van der Waals surface area contributed by atoms with Crippen molar-refractivity contribution in [1.82, 2.24) is 14.3 Å². The molecule has 0 saturated heterocycles. The molecule has 0 amide bonds. The van der Waals surface area contributed by atoms with Crippen LogP contribution in [0.4, 0.5) is 5.13 Å². The average molecular weight is 296 g/mol. The van der Waals surface area contributed by atoms with Crippen molar-refractivity contribution in [3.63, 3.8) is 0 Å². The monoisotopic (exact) mass is 296 g/mol. The summed E-state index contributed by atoms with van der Waals surface area (Å²) in [4.78, 5) is 9.04. The smallest absolute Gasteiger partial charge is 0.202 e. The number of fused-ring (bicyclic) bond motifs is 1. The van der Waals surface area contributed by atoms with E-state index in [0.29, 0.717) is 5.92 Å². The van der Waals surface area contributed by atoms with Crippen molar-refractivity contribution < 1.29 is 0 Å². The minimum atomic E-state index is 0.624. The largest absolute Gasteiger partial charge is 0.360 e. The zero-order chi connectivity index (χ0) is 14.1. The molecule has 0 unspecified atom stereocenters. The van der Waals surface area contributed by atoms with E-state index in [9.17, 15) is 0 Å². The van der Waals surface area contributed by atoms with E-state index in [4.69, 9.17) is 0 Å². The van der Waals surface area contributed by atoms with Gasteiger partial charge in [0.2, 0.25) is 5.13 Å². The van der Waals surface area contributed by atoms with Crippen molar-refractivity contribution in [3.8, 4) is 0 Å². The first-order chi connectivity index (χ1) is 10.4. The molecule has 1 fully saturated rings. The van der Waals surface area contributed by atoms with Gasteiger partial charge in [0.15, 0.2) is 0 Å². The van der Waals surface area contributed by atoms with E-state index >= 15 is 0 Å². The van der Waals surface area contributed by atoms with E-state index < -0.39 is 0 Å². The fraction of sp³-hybridized carbons (Fsp3) is 0.312. The Balaban J connectivity index is 1.43. The lowest BCUT2D eigenvalue weighted by atomic mass is 10.1. The third-order valence-corrected chi connectivity index (χ3v) is 4.46. The first-order valence-electron chi connectivity index (χ1n) is 7.30. The molecule has 5 heteroatoms. The van der Waals surface area contributed by atoms with Crippen LogP contribution in [0.3, 0.4) is 0 Å². The normalized spacial score (nSPS) is 14.5. The van der Waals surface area contributed by atoms with E-state index in [-0.39, 0.29) is 0 Å². The lowest BCUT2D eigenvalue weighted by Crippen LogP contribution is -2.05. The van der Waals surface area contributed by atoms with Crippen molar-refractivity contribution >= 4 is 27.6 Å². The summed E-state index contributed by atoms with van der Waals surface area (Å²) >= 11 is 1.47. The second-order valence-corrected chi connectivity index (χ2v) is 6.15. The number of anilines is 1. The van der Waals surface area contributed by atoms with E-state index in [0.717, 1.165) is 29.4 Å². The molecule has 1 aliphatic rings. The molecule has 1 N–H and O–H groups in total. The highest BCUT2D eigenvalue weighted by molar-refractivity contribution is 7.09. The Bertz CT molecular complexity index is 758. The van der Waals surface area contributed by atoms with Crippen LogP contribution in [0.2, 0.25) is 0 Å². The lowest BCUT2D eigenvalue weighted by Gasteiger charge is -2.06. The summed E-state index contributed by atoms with van der Waals surface area (Å²) in [5.74, 6) is 1.65. The summed E-state index contributed by atoms with van der Waals surface area (Å²) < 4.78 is 4.41. The van der Waals surface area contributed by atoms with Gasteiger partial charge in [0.1, 0.15) is 5.82 Å². The molecule has 0 bridgehead atoms. The van der Waals surface area contributed by atoms with Crippen molar-refractivity contribution in [3.05, 3.63) is 47.9 Å². The quantitative estimate of drug-likeness (QED) is 0.781. The highest BCUT2D eigenvalue weighted by Gasteiger charge is 2.27. The van der Waals surface area contributed by atoms with Crippen LogP contribution in [0, 0.1) is 0 Å². The van der Waals surface area contributed by atoms with Gasteiger partial charge in [-0.25, -0.2) is 4.98 Å². The van der Waals surface area contributed by atoms with Gasteiger partial charge in [-0.2, -0.15) is 4.37 Å². The minimum Gasteiger partial charge on any atom is -0.360 e. The molecule has 2 heterocycles. The Morgan fingerprint density at radius 3 is 3.00 bits per heavy atom. The molecule has 4 rings (SSSR count). The number of hydrogen-bond acceptors (Lipinski definition) is 5. The van der Waals surface area contributed by atoms with Crippen LogP contribution in [0.25, 0.3) is 10.9 Å². The van der Waals surface area contributed by atoms with Gasteiger partial charge in [0.25, 0.3) is 0 Å². The number of hydrogen-bond donors (Lipinski definition) is 1. The first-order valence-corrected chi connectivity index (χ1v) is 8.07. The van der Waals surface area contributed by atoms with Gasteiger partial charge >= 0.3 is 0 Å². The van der Waals surface area contributed by atoms with Crippen LogP contribution in [0.5, 0.6) is 0 Å². The molecular formula is C16H16N4S. The summed E-state index contributed by atoms with van der Waals surface area (Å²) in [6.07, 6.45) is 5.29. The van der Waals surface area contributed by atoms with Crippen molar-refractivity contribution in [2.75, 3.05) is 11.9 Å². The van der Waals surface area contributed by atoms with E-state index in [1.807, 2.05) is 12.3 Å². The molecule has 0 aliphatic heterocycles. The Hall–Kier alpha value is -2.01. The fourth-order valence-electron chi connectivity index (χ4n) is 2.49. The van der Waals surface area contributed by atoms with E-state index in [1.54, 1.807) is 0 Å². The SMILES string of the molecule is c1cnc2c(CCNc3nc(C4CC4)ns3)cccc2c1. The number of para-hydroxylation sites is 1. The summed E-state index contributed by atoms with van der Waals surface area (Å²) in [5.41, 5.74) is 2.37. The standard InChI is InChI=1S/C16H16N4S/c1-3-11-5-2-9-17-14(11)12(4-1)8-10-18-16-19-15(20-21-16)13-6-7-13/h1-5,9,13H,6-8,10H2,(H,18,19,20). The third-order valence-electron chi connectivity index (χ3n) is 3.77. The summed E-state index contributed by atoms with van der Waals surface area (Å²) in [5, 5.41) is 5.51. The molecule has 1 aliphatic carbocycles. The number of aromatic nitrogens is 3. The molecule has 1 saturated carbocycles. The molecule has 1 aromatic carbocycles. The molecule has 0 spiro atoms. The van der Waals surface area contributed by atoms with Gasteiger partial charge in [0.05, 0.1) is 5.52 Å². The maximum Gasteiger partial charge on any atom is 0.202 e. The fourth-order valence-corrected chi connectivity index (χ4v) is 3.16. The molecule has 4 nitrogen and oxygen atoms in total. The van der Waals surface area contributed by atoms with Crippen LogP contribution >= 0.6 is 11.5 Å². The summed E-state index contributed by atoms with van der Waals surface area (Å²) in [6.45, 7) is 0.856. The molecular weight excluding hydrogens is 280 g/mol. The van der Waals surface area contributed by atoms with Gasteiger partial charge in [-0.1, -0.05) is 24.3 Å². The molecule has 0 radical (unpaired) electrons. The zero-order valence-corrected chi connectivity index (χ0v) is 12.4. The van der Waals surface area contributed by atoms with Crippen molar-refractivity contribution in [2.24, 2.45) is 0 Å². The highest BCUT2D eigenvalue weighted by atomic mass is 32.1. The number of rotatable bonds is 5. The van der Waals surface area contributed by atoms with Crippen LogP contribution < -0.4 is 5.32 Å². The average Bonchev–Trinajstić information content (AvgIpc) is 3.27. The summed E-state index contributed by atoms with van der Waals surface area (Å²) in [6, 6.07) is 10.4. The maximum atomic E-state index is 4.55. The zero-order valence-electron chi connectivity index (χ0n) is 11.6. The predicted octanol–water partition coefficient (Wildman–Crippen LogP) is 3.62. The Morgan fingerprint density at radius 2 is 2.10 bits per heavy atom. The first kappa shape index (κ1) is 12.7. The van der Waals surface area contributed by atoms with Gasteiger partial charge in [-0.05, 0) is 30.9 Å². The Kier molecular flexibility index (Phi) is 3.27. The van der Waals surface area contributed by atoms with Crippen LogP contribution in [-0.2, 0) is 6.42 Å². The second-order valence-electron chi connectivity index (χ2n) is 5.40. The van der Waals surface area contributed by atoms with Gasteiger partial charge in [-0.3, -0.25) is 4.98 Å². The lowest BCUT2D eigenvalue weighted by molar-refractivity contribution is 0.970. The van der Waals surface area contributed by atoms with Gasteiger partial charge in [-0.15, -0.1) is 0 Å². The highest BCUT2D eigenvalue weighted by Crippen LogP contribution is 2.39. The minimum absolute atomic E-state index is 0.624. The molecule has 2 aromatic heterocycles. The Labute approximate surface area is 127 Å². The van der Waals surface area contributed by atoms with Crippen LogP contribution in [-0.4, -0.2) is 20.9 Å². The summed E-state index contributed by atoms with van der Waals surface area (Å²) in [7, 11) is 0. The number of benzene rings is 1. The molecule has 106 valence electrons. The number of nitrogens with one attached hydrogen (secondary N) is 1. The van der Waals surface area contributed by atoms with Gasteiger partial charge in [0, 0.05) is 35.6 Å². The van der Waals surface area contributed by atoms with Crippen molar-refractivity contribution in [1.29, 1.82) is 0 Å².